The summed E-state index contributed by atoms with van der Waals surface area (Å²) in [6.45, 7) is 4.40. The van der Waals surface area contributed by atoms with Gasteiger partial charge in [-0.05, 0) is 43.5 Å². The van der Waals surface area contributed by atoms with E-state index < -0.39 is 0 Å². The van der Waals surface area contributed by atoms with Crippen LogP contribution in [0, 0.1) is 0 Å². The minimum Gasteiger partial charge on any atom is -0.497 e. The lowest BCUT2D eigenvalue weighted by Gasteiger charge is -2.26. The zero-order chi connectivity index (χ0) is 15.8. The molecule has 0 unspecified atom stereocenters. The summed E-state index contributed by atoms with van der Waals surface area (Å²) in [6.07, 6.45) is 1.54. The predicted molar refractivity (Wildman–Crippen MR) is 83.6 cm³/mol. The number of urea groups is 1. The number of hydrogen-bond donors (Lipinski definition) is 2. The first kappa shape index (κ1) is 16.4. The van der Waals surface area contributed by atoms with E-state index in [0.717, 1.165) is 29.9 Å². The maximum atomic E-state index is 11.8. The maximum Gasteiger partial charge on any atom is 0.315 e. The lowest BCUT2D eigenvalue weighted by molar-refractivity contribution is 0.145. The second-order valence-corrected chi connectivity index (χ2v) is 5.14. The summed E-state index contributed by atoms with van der Waals surface area (Å²) in [5.41, 5.74) is 1.05. The van der Waals surface area contributed by atoms with Gasteiger partial charge in [0.05, 0.1) is 13.2 Å². The number of rotatable bonds is 7. The van der Waals surface area contributed by atoms with Gasteiger partial charge in [0.1, 0.15) is 18.1 Å². The van der Waals surface area contributed by atoms with Crippen molar-refractivity contribution in [2.24, 2.45) is 0 Å². The molecule has 6 nitrogen and oxygen atoms in total. The fourth-order valence-electron chi connectivity index (χ4n) is 2.35. The molecule has 0 saturated carbocycles. The van der Waals surface area contributed by atoms with Crippen molar-refractivity contribution in [2.75, 3.05) is 33.5 Å². The minimum absolute atomic E-state index is 0.0357. The Labute approximate surface area is 131 Å². The van der Waals surface area contributed by atoms with E-state index in [1.165, 1.54) is 0 Å². The van der Waals surface area contributed by atoms with Gasteiger partial charge in [-0.15, -0.1) is 0 Å². The van der Waals surface area contributed by atoms with Crippen molar-refractivity contribution in [1.29, 1.82) is 0 Å². The molecule has 2 N–H and O–H groups in total. The summed E-state index contributed by atoms with van der Waals surface area (Å²) in [4.78, 5) is 11.8. The summed E-state index contributed by atoms with van der Waals surface area (Å²) in [6, 6.07) is 5.52. The molecule has 0 aliphatic carbocycles. The van der Waals surface area contributed by atoms with Crippen LogP contribution in [0.2, 0.25) is 0 Å². The number of hydrogen-bond acceptors (Lipinski definition) is 4. The van der Waals surface area contributed by atoms with E-state index in [2.05, 4.69) is 10.6 Å². The van der Waals surface area contributed by atoms with Crippen LogP contribution in [0.3, 0.4) is 0 Å². The minimum atomic E-state index is -0.170. The molecule has 0 radical (unpaired) electrons. The third-order valence-electron chi connectivity index (χ3n) is 3.46. The van der Waals surface area contributed by atoms with Gasteiger partial charge in [0.15, 0.2) is 0 Å². The highest BCUT2D eigenvalue weighted by Crippen LogP contribution is 2.28. The zero-order valence-electron chi connectivity index (χ0n) is 13.2. The van der Waals surface area contributed by atoms with E-state index in [1.807, 2.05) is 25.1 Å². The van der Waals surface area contributed by atoms with Crippen LogP contribution in [0.15, 0.2) is 18.2 Å². The first-order valence-corrected chi connectivity index (χ1v) is 7.64. The van der Waals surface area contributed by atoms with Crippen LogP contribution in [0.4, 0.5) is 4.79 Å². The van der Waals surface area contributed by atoms with Gasteiger partial charge in [-0.1, -0.05) is 0 Å². The summed E-state index contributed by atoms with van der Waals surface area (Å²) in [7, 11) is 1.64. The van der Waals surface area contributed by atoms with Crippen molar-refractivity contribution < 1.29 is 19.0 Å². The van der Waals surface area contributed by atoms with E-state index in [0.29, 0.717) is 26.4 Å². The second kappa shape index (κ2) is 8.48. The molecule has 0 saturated heterocycles. The van der Waals surface area contributed by atoms with Crippen LogP contribution in [-0.2, 0) is 11.2 Å². The van der Waals surface area contributed by atoms with Crippen LogP contribution in [0.25, 0.3) is 0 Å². The summed E-state index contributed by atoms with van der Waals surface area (Å²) in [5, 5.41) is 5.76. The van der Waals surface area contributed by atoms with E-state index in [-0.39, 0.29) is 12.1 Å². The molecule has 6 heteroatoms. The largest absolute Gasteiger partial charge is 0.497 e. The first-order chi connectivity index (χ1) is 10.7. The monoisotopic (exact) mass is 308 g/mol. The number of amides is 2. The van der Waals surface area contributed by atoms with E-state index in [9.17, 15) is 4.79 Å². The van der Waals surface area contributed by atoms with Crippen LogP contribution >= 0.6 is 0 Å². The molecule has 122 valence electrons. The van der Waals surface area contributed by atoms with Gasteiger partial charge in [-0.25, -0.2) is 4.79 Å². The Kier molecular flexibility index (Phi) is 6.33. The molecule has 2 amide bonds. The number of fused-ring (bicyclic) bond motifs is 1. The maximum absolute atomic E-state index is 11.8. The van der Waals surface area contributed by atoms with E-state index in [4.69, 9.17) is 14.2 Å². The van der Waals surface area contributed by atoms with Crippen LogP contribution in [-0.4, -0.2) is 45.5 Å². The van der Waals surface area contributed by atoms with Gasteiger partial charge < -0.3 is 24.8 Å². The highest BCUT2D eigenvalue weighted by molar-refractivity contribution is 5.74. The van der Waals surface area contributed by atoms with Gasteiger partial charge in [0, 0.05) is 19.8 Å². The highest BCUT2D eigenvalue weighted by atomic mass is 16.5. The fraction of sp³-hybridized carbons (Fsp3) is 0.562. The summed E-state index contributed by atoms with van der Waals surface area (Å²) < 4.78 is 16.1. The lowest BCUT2D eigenvalue weighted by Crippen LogP contribution is -2.47. The van der Waals surface area contributed by atoms with Crippen molar-refractivity contribution in [3.63, 3.8) is 0 Å². The SMILES string of the molecule is CCOCCCNC(=O)N[C@@H]1COc2ccc(OC)cc2C1. The Morgan fingerprint density at radius 1 is 1.45 bits per heavy atom. The average Bonchev–Trinajstić information content (AvgIpc) is 2.54. The molecule has 1 atom stereocenters. The van der Waals surface area contributed by atoms with Gasteiger partial charge in [-0.2, -0.15) is 0 Å². The first-order valence-electron chi connectivity index (χ1n) is 7.64. The molecule has 0 aromatic heterocycles. The smallest absolute Gasteiger partial charge is 0.315 e. The molecule has 0 fully saturated rings. The molecule has 2 rings (SSSR count). The van der Waals surface area contributed by atoms with E-state index in [1.54, 1.807) is 7.11 Å². The van der Waals surface area contributed by atoms with Crippen molar-refractivity contribution in [3.8, 4) is 11.5 Å². The van der Waals surface area contributed by atoms with Crippen molar-refractivity contribution in [1.82, 2.24) is 10.6 Å². The molecule has 0 bridgehead atoms. The molecule has 1 aromatic rings. The summed E-state index contributed by atoms with van der Waals surface area (Å²) in [5.74, 6) is 1.65. The van der Waals surface area contributed by atoms with Gasteiger partial charge in [0.25, 0.3) is 0 Å². The van der Waals surface area contributed by atoms with Crippen LogP contribution in [0.1, 0.15) is 18.9 Å². The molecular weight excluding hydrogens is 284 g/mol. The van der Waals surface area contributed by atoms with Gasteiger partial charge >= 0.3 is 6.03 Å². The van der Waals surface area contributed by atoms with Crippen molar-refractivity contribution in [2.45, 2.75) is 25.8 Å². The van der Waals surface area contributed by atoms with Crippen LogP contribution in [0.5, 0.6) is 11.5 Å². The third-order valence-corrected chi connectivity index (χ3v) is 3.46. The lowest BCUT2D eigenvalue weighted by atomic mass is 10.0. The standard InChI is InChI=1S/C16H24N2O4/c1-3-21-8-4-7-17-16(19)18-13-9-12-10-14(20-2)5-6-15(12)22-11-13/h5-6,10,13H,3-4,7-9,11H2,1-2H3,(H2,17,18,19)/t13-/m0/s1. The molecule has 0 spiro atoms. The van der Waals surface area contributed by atoms with Crippen molar-refractivity contribution in [3.05, 3.63) is 23.8 Å². The quantitative estimate of drug-likeness (QED) is 0.753. The topological polar surface area (TPSA) is 68.8 Å². The molecule has 22 heavy (non-hydrogen) atoms. The van der Waals surface area contributed by atoms with Crippen LogP contribution < -0.4 is 20.1 Å². The third kappa shape index (κ3) is 4.80. The zero-order valence-corrected chi connectivity index (χ0v) is 13.2. The number of carbonyl (C=O) groups excluding carboxylic acids is 1. The fourth-order valence-corrected chi connectivity index (χ4v) is 2.35. The number of carbonyl (C=O) groups is 1. The predicted octanol–water partition coefficient (Wildman–Crippen LogP) is 1.72. The molecule has 1 heterocycles. The Hall–Kier alpha value is -1.95. The number of nitrogens with one attached hydrogen (secondary N) is 2. The number of ether oxygens (including phenoxy) is 3. The van der Waals surface area contributed by atoms with E-state index >= 15 is 0 Å². The second-order valence-electron chi connectivity index (χ2n) is 5.14. The Morgan fingerprint density at radius 2 is 2.32 bits per heavy atom. The number of benzene rings is 1. The van der Waals surface area contributed by atoms with Gasteiger partial charge in [-0.3, -0.25) is 0 Å². The van der Waals surface area contributed by atoms with Crippen molar-refractivity contribution >= 4 is 6.03 Å². The Morgan fingerprint density at radius 3 is 3.09 bits per heavy atom. The average molecular weight is 308 g/mol. The Bertz CT molecular complexity index is 493. The molecule has 1 aliphatic heterocycles. The summed E-state index contributed by atoms with van der Waals surface area (Å²) >= 11 is 0. The Balaban J connectivity index is 1.76. The molecule has 1 aromatic carbocycles. The highest BCUT2D eigenvalue weighted by Gasteiger charge is 2.21. The molecular formula is C16H24N2O4. The normalized spacial score (nSPS) is 16.4. The van der Waals surface area contributed by atoms with Gasteiger partial charge in [0.2, 0.25) is 0 Å². The molecule has 1 aliphatic rings. The number of methoxy groups -OCH3 is 1.